The SMILES string of the molecule is C1=CC(c2csc(CN3CCCC3)c2)=COC1. The van der Waals surface area contributed by atoms with E-state index in [4.69, 9.17) is 4.74 Å². The molecular formula is C14H17NOS. The Morgan fingerprint density at radius 3 is 2.94 bits per heavy atom. The first-order valence-electron chi connectivity index (χ1n) is 6.20. The van der Waals surface area contributed by atoms with Crippen LogP contribution in [0.1, 0.15) is 23.3 Å². The van der Waals surface area contributed by atoms with Crippen LogP contribution in [0, 0.1) is 0 Å². The first kappa shape index (κ1) is 11.1. The Hall–Kier alpha value is -1.06. The van der Waals surface area contributed by atoms with Crippen LogP contribution in [0.3, 0.4) is 0 Å². The molecule has 2 aliphatic heterocycles. The van der Waals surface area contributed by atoms with Gasteiger partial charge in [-0.2, -0.15) is 0 Å². The van der Waals surface area contributed by atoms with Gasteiger partial charge < -0.3 is 4.74 Å². The third-order valence-electron chi connectivity index (χ3n) is 3.27. The van der Waals surface area contributed by atoms with Crippen LogP contribution in [0.25, 0.3) is 5.57 Å². The molecule has 0 radical (unpaired) electrons. The van der Waals surface area contributed by atoms with Gasteiger partial charge in [0.15, 0.2) is 0 Å². The average Bonchev–Trinajstić information content (AvgIpc) is 3.02. The van der Waals surface area contributed by atoms with Crippen LogP contribution in [0.5, 0.6) is 0 Å². The summed E-state index contributed by atoms with van der Waals surface area (Å²) in [5.74, 6) is 0. The van der Waals surface area contributed by atoms with E-state index < -0.39 is 0 Å². The number of rotatable bonds is 3. The molecule has 0 N–H and O–H groups in total. The number of thiophene rings is 1. The van der Waals surface area contributed by atoms with E-state index in [1.807, 2.05) is 17.6 Å². The summed E-state index contributed by atoms with van der Waals surface area (Å²) in [5, 5.41) is 2.23. The molecule has 3 heterocycles. The van der Waals surface area contributed by atoms with Gasteiger partial charge in [0.25, 0.3) is 0 Å². The summed E-state index contributed by atoms with van der Waals surface area (Å²) in [6.07, 6.45) is 8.79. The fourth-order valence-electron chi connectivity index (χ4n) is 2.35. The van der Waals surface area contributed by atoms with E-state index in [-0.39, 0.29) is 0 Å². The van der Waals surface area contributed by atoms with Gasteiger partial charge in [-0.1, -0.05) is 6.08 Å². The molecule has 1 fully saturated rings. The van der Waals surface area contributed by atoms with Crippen molar-refractivity contribution in [2.24, 2.45) is 0 Å². The van der Waals surface area contributed by atoms with Crippen molar-refractivity contribution in [2.75, 3.05) is 19.7 Å². The van der Waals surface area contributed by atoms with Crippen LogP contribution in [-0.2, 0) is 11.3 Å². The average molecular weight is 247 g/mol. The lowest BCUT2D eigenvalue weighted by Crippen LogP contribution is -2.17. The topological polar surface area (TPSA) is 12.5 Å². The normalized spacial score (nSPS) is 20.4. The highest BCUT2D eigenvalue weighted by Gasteiger charge is 2.13. The molecule has 0 amide bonds. The molecule has 1 aromatic heterocycles. The molecule has 0 aromatic carbocycles. The Morgan fingerprint density at radius 1 is 1.29 bits per heavy atom. The predicted octanol–water partition coefficient (Wildman–Crippen LogP) is 3.27. The molecule has 17 heavy (non-hydrogen) atoms. The first-order valence-corrected chi connectivity index (χ1v) is 7.08. The van der Waals surface area contributed by atoms with E-state index in [0.717, 1.165) is 6.54 Å². The quantitative estimate of drug-likeness (QED) is 0.813. The van der Waals surface area contributed by atoms with E-state index in [1.54, 1.807) is 0 Å². The number of ether oxygens (including phenoxy) is 1. The highest BCUT2D eigenvalue weighted by Crippen LogP contribution is 2.26. The molecule has 0 spiro atoms. The molecule has 0 unspecified atom stereocenters. The van der Waals surface area contributed by atoms with Gasteiger partial charge in [-0.3, -0.25) is 4.90 Å². The standard InChI is InChI=1S/C14H17NOS/c1-2-6-15(5-1)9-14-8-13(11-17-14)12-4-3-7-16-10-12/h3-4,8,10-11H,1-2,5-7,9H2. The van der Waals surface area contributed by atoms with Crippen molar-refractivity contribution in [2.45, 2.75) is 19.4 Å². The van der Waals surface area contributed by atoms with Crippen molar-refractivity contribution in [3.63, 3.8) is 0 Å². The minimum Gasteiger partial charge on any atom is -0.496 e. The molecule has 90 valence electrons. The number of nitrogens with zero attached hydrogens (tertiary/aromatic N) is 1. The summed E-state index contributed by atoms with van der Waals surface area (Å²) < 4.78 is 5.32. The first-order chi connectivity index (χ1) is 8.42. The van der Waals surface area contributed by atoms with E-state index in [1.165, 1.54) is 41.9 Å². The van der Waals surface area contributed by atoms with Crippen LogP contribution in [0.15, 0.2) is 29.9 Å². The second-order valence-corrected chi connectivity index (χ2v) is 5.59. The fourth-order valence-corrected chi connectivity index (χ4v) is 3.28. The van der Waals surface area contributed by atoms with Crippen molar-refractivity contribution in [1.29, 1.82) is 0 Å². The highest BCUT2D eigenvalue weighted by molar-refractivity contribution is 7.10. The molecule has 1 saturated heterocycles. The largest absolute Gasteiger partial charge is 0.496 e. The third kappa shape index (κ3) is 2.61. The molecule has 0 aliphatic carbocycles. The number of hydrogen-bond acceptors (Lipinski definition) is 3. The zero-order valence-electron chi connectivity index (χ0n) is 9.89. The monoisotopic (exact) mass is 247 g/mol. The second kappa shape index (κ2) is 5.07. The van der Waals surface area contributed by atoms with Crippen LogP contribution in [0.4, 0.5) is 0 Å². The third-order valence-corrected chi connectivity index (χ3v) is 4.19. The Labute approximate surface area is 106 Å². The lowest BCUT2D eigenvalue weighted by Gasteiger charge is -2.12. The molecule has 3 heteroatoms. The summed E-state index contributed by atoms with van der Waals surface area (Å²) in [5.41, 5.74) is 2.49. The lowest BCUT2D eigenvalue weighted by atomic mass is 10.1. The zero-order chi connectivity index (χ0) is 11.5. The molecule has 2 aliphatic rings. The van der Waals surface area contributed by atoms with Crippen LogP contribution in [0.2, 0.25) is 0 Å². The maximum absolute atomic E-state index is 5.32. The van der Waals surface area contributed by atoms with Crippen LogP contribution < -0.4 is 0 Å². The van der Waals surface area contributed by atoms with E-state index >= 15 is 0 Å². The predicted molar refractivity (Wildman–Crippen MR) is 71.9 cm³/mol. The van der Waals surface area contributed by atoms with Crippen LogP contribution in [-0.4, -0.2) is 24.6 Å². The van der Waals surface area contributed by atoms with Gasteiger partial charge in [0.1, 0.15) is 6.61 Å². The second-order valence-electron chi connectivity index (χ2n) is 4.59. The number of allylic oxidation sites excluding steroid dienone is 2. The van der Waals surface area contributed by atoms with Gasteiger partial charge in [-0.15, -0.1) is 11.3 Å². The Kier molecular flexibility index (Phi) is 3.29. The molecule has 0 bridgehead atoms. The Morgan fingerprint density at radius 2 is 2.18 bits per heavy atom. The van der Waals surface area contributed by atoms with Gasteiger partial charge >= 0.3 is 0 Å². The molecule has 0 atom stereocenters. The summed E-state index contributed by atoms with van der Waals surface area (Å²) in [7, 11) is 0. The van der Waals surface area contributed by atoms with Crippen molar-refractivity contribution in [1.82, 2.24) is 4.90 Å². The summed E-state index contributed by atoms with van der Waals surface area (Å²) in [6.45, 7) is 4.34. The Bertz CT molecular complexity index is 441. The summed E-state index contributed by atoms with van der Waals surface area (Å²) in [4.78, 5) is 4.00. The lowest BCUT2D eigenvalue weighted by molar-refractivity contribution is 0.288. The van der Waals surface area contributed by atoms with Crippen molar-refractivity contribution in [3.8, 4) is 0 Å². The van der Waals surface area contributed by atoms with Gasteiger partial charge in [0, 0.05) is 17.0 Å². The molecule has 2 nitrogen and oxygen atoms in total. The summed E-state index contributed by atoms with van der Waals surface area (Å²) in [6, 6.07) is 2.30. The van der Waals surface area contributed by atoms with Gasteiger partial charge in [-0.05, 0) is 49.0 Å². The molecule has 0 saturated carbocycles. The van der Waals surface area contributed by atoms with E-state index in [2.05, 4.69) is 28.5 Å². The minimum atomic E-state index is 0.703. The number of hydrogen-bond donors (Lipinski definition) is 0. The molecule has 3 rings (SSSR count). The Balaban J connectivity index is 1.69. The van der Waals surface area contributed by atoms with Gasteiger partial charge in [0.05, 0.1) is 6.26 Å². The highest BCUT2D eigenvalue weighted by atomic mass is 32.1. The molecular weight excluding hydrogens is 230 g/mol. The van der Waals surface area contributed by atoms with E-state index in [9.17, 15) is 0 Å². The van der Waals surface area contributed by atoms with Crippen molar-refractivity contribution >= 4 is 16.9 Å². The minimum absolute atomic E-state index is 0.703. The smallest absolute Gasteiger partial charge is 0.106 e. The maximum atomic E-state index is 5.32. The van der Waals surface area contributed by atoms with E-state index in [0.29, 0.717) is 6.61 Å². The van der Waals surface area contributed by atoms with Crippen molar-refractivity contribution < 1.29 is 4.74 Å². The van der Waals surface area contributed by atoms with Crippen molar-refractivity contribution in [3.05, 3.63) is 40.3 Å². The zero-order valence-corrected chi connectivity index (χ0v) is 10.7. The van der Waals surface area contributed by atoms with Gasteiger partial charge in [0.2, 0.25) is 0 Å². The summed E-state index contributed by atoms with van der Waals surface area (Å²) >= 11 is 1.86. The molecule has 1 aromatic rings. The van der Waals surface area contributed by atoms with Crippen LogP contribution >= 0.6 is 11.3 Å². The van der Waals surface area contributed by atoms with Gasteiger partial charge in [-0.25, -0.2) is 0 Å². The maximum Gasteiger partial charge on any atom is 0.106 e. The fraction of sp³-hybridized carbons (Fsp3) is 0.429. The number of likely N-dealkylation sites (tertiary alicyclic amines) is 1.